The lowest BCUT2D eigenvalue weighted by molar-refractivity contribution is -0.157. The fourth-order valence-electron chi connectivity index (χ4n) is 4.61. The molecule has 0 aliphatic carbocycles. The molecule has 2 saturated heterocycles. The van der Waals surface area contributed by atoms with E-state index in [1.165, 1.54) is 10.4 Å². The molecule has 8 nitrogen and oxygen atoms in total. The fraction of sp³-hybridized carbons (Fsp3) is 0.556. The van der Waals surface area contributed by atoms with Gasteiger partial charge in [0.25, 0.3) is 10.0 Å². The van der Waals surface area contributed by atoms with Gasteiger partial charge in [0.1, 0.15) is 5.69 Å². The Kier molecular flexibility index (Phi) is 4.38. The molecule has 1 N–H and O–H groups in total. The third-order valence-electron chi connectivity index (χ3n) is 5.87. The van der Waals surface area contributed by atoms with Crippen LogP contribution in [0.3, 0.4) is 0 Å². The monoisotopic (exact) mass is 393 g/mol. The molecule has 2 fully saturated rings. The number of aromatic amines is 1. The van der Waals surface area contributed by atoms with Crippen molar-refractivity contribution < 1.29 is 22.4 Å². The van der Waals surface area contributed by atoms with E-state index in [9.17, 15) is 13.2 Å². The average molecular weight is 393 g/mol. The molecule has 2 aliphatic rings. The maximum atomic E-state index is 13.3. The van der Waals surface area contributed by atoms with Gasteiger partial charge in [0.2, 0.25) is 5.09 Å². The van der Waals surface area contributed by atoms with Crippen LogP contribution in [0, 0.1) is 5.41 Å². The second kappa shape index (κ2) is 6.49. The minimum absolute atomic E-state index is 0.111. The summed E-state index contributed by atoms with van der Waals surface area (Å²) in [6.07, 6.45) is 4.03. The smallest absolute Gasteiger partial charge is 0.313 e. The zero-order valence-electron chi connectivity index (χ0n) is 15.3. The first kappa shape index (κ1) is 18.2. The summed E-state index contributed by atoms with van der Waals surface area (Å²) in [5.74, 6) is 0.113. The largest absolute Gasteiger partial charge is 0.466 e. The molecule has 0 aromatic carbocycles. The van der Waals surface area contributed by atoms with Crippen molar-refractivity contribution in [3.05, 3.63) is 24.4 Å². The number of esters is 1. The quantitative estimate of drug-likeness (QED) is 0.756. The van der Waals surface area contributed by atoms with Gasteiger partial charge in [-0.15, -0.1) is 0 Å². The van der Waals surface area contributed by atoms with Gasteiger partial charge in [-0.2, -0.15) is 9.40 Å². The van der Waals surface area contributed by atoms with Gasteiger partial charge in [-0.1, -0.05) is 6.92 Å². The Morgan fingerprint density at radius 2 is 2.19 bits per heavy atom. The van der Waals surface area contributed by atoms with Gasteiger partial charge in [0.15, 0.2) is 5.76 Å². The number of carbonyl (C=O) groups excluding carboxylic acids is 1. The minimum atomic E-state index is -3.85. The fourth-order valence-corrected chi connectivity index (χ4v) is 6.47. The molecule has 27 heavy (non-hydrogen) atoms. The number of aromatic nitrogens is 2. The second-order valence-electron chi connectivity index (χ2n) is 7.11. The van der Waals surface area contributed by atoms with Crippen molar-refractivity contribution >= 4 is 16.0 Å². The van der Waals surface area contributed by atoms with Gasteiger partial charge in [-0.25, -0.2) is 8.42 Å². The van der Waals surface area contributed by atoms with Crippen LogP contribution in [0.2, 0.25) is 0 Å². The van der Waals surface area contributed by atoms with Gasteiger partial charge in [0, 0.05) is 18.3 Å². The summed E-state index contributed by atoms with van der Waals surface area (Å²) < 4.78 is 39.0. The molecule has 2 bridgehead atoms. The normalized spacial score (nSPS) is 27.9. The van der Waals surface area contributed by atoms with Crippen molar-refractivity contribution in [3.8, 4) is 11.5 Å². The number of carbonyl (C=O) groups is 1. The summed E-state index contributed by atoms with van der Waals surface area (Å²) in [5, 5.41) is 6.50. The SMILES string of the molecule is CCOC(=O)[C@]1(CC)C[C@@H]2CC[C@H]1N2S(=O)(=O)c1ccc(-c2ccn[nH]2)o1. The summed E-state index contributed by atoms with van der Waals surface area (Å²) in [5.41, 5.74) is -0.166. The molecule has 4 rings (SSSR count). The lowest BCUT2D eigenvalue weighted by Crippen LogP contribution is -2.45. The third-order valence-corrected chi connectivity index (χ3v) is 7.71. The van der Waals surface area contributed by atoms with E-state index in [4.69, 9.17) is 9.15 Å². The van der Waals surface area contributed by atoms with E-state index in [2.05, 4.69) is 10.2 Å². The molecule has 2 aromatic rings. The zero-order valence-corrected chi connectivity index (χ0v) is 16.2. The minimum Gasteiger partial charge on any atom is -0.466 e. The molecule has 0 radical (unpaired) electrons. The number of furan rings is 1. The Hall–Kier alpha value is -2.13. The van der Waals surface area contributed by atoms with E-state index in [0.29, 0.717) is 30.7 Å². The first-order valence-electron chi connectivity index (χ1n) is 9.24. The first-order chi connectivity index (χ1) is 12.9. The molecule has 3 atom stereocenters. The van der Waals surface area contributed by atoms with Crippen molar-refractivity contribution in [2.75, 3.05) is 6.61 Å². The molecule has 9 heteroatoms. The van der Waals surface area contributed by atoms with E-state index >= 15 is 0 Å². The van der Waals surface area contributed by atoms with E-state index < -0.39 is 21.5 Å². The van der Waals surface area contributed by atoms with Crippen LogP contribution in [-0.4, -0.2) is 47.6 Å². The number of hydrogen-bond donors (Lipinski definition) is 1. The van der Waals surface area contributed by atoms with Crippen LogP contribution in [0.5, 0.6) is 0 Å². The standard InChI is InChI=1S/C18H23N3O5S/c1-3-18(17(22)25-4-2)11-12-5-7-15(18)21(12)27(23,24)16-8-6-14(26-16)13-9-10-19-20-13/h6,8-10,12,15H,3-5,7,11H2,1-2H3,(H,19,20)/t12-,15+,18+/m0/s1. The Balaban J connectivity index is 1.68. The molecular formula is C18H23N3O5S. The van der Waals surface area contributed by atoms with Gasteiger partial charge in [-0.05, 0) is 50.8 Å². The van der Waals surface area contributed by atoms with E-state index in [-0.39, 0.29) is 23.7 Å². The highest BCUT2D eigenvalue weighted by Crippen LogP contribution is 2.54. The van der Waals surface area contributed by atoms with Crippen LogP contribution in [0.25, 0.3) is 11.5 Å². The molecule has 146 valence electrons. The molecule has 0 spiro atoms. The predicted molar refractivity (Wildman–Crippen MR) is 96.1 cm³/mol. The maximum absolute atomic E-state index is 13.3. The summed E-state index contributed by atoms with van der Waals surface area (Å²) in [7, 11) is -3.85. The molecule has 2 aliphatic heterocycles. The molecule has 2 aromatic heterocycles. The first-order valence-corrected chi connectivity index (χ1v) is 10.7. The third kappa shape index (κ3) is 2.63. The predicted octanol–water partition coefficient (Wildman–Crippen LogP) is 2.55. The zero-order chi connectivity index (χ0) is 19.2. The number of H-pyrrole nitrogens is 1. The topological polar surface area (TPSA) is 105 Å². The molecule has 0 amide bonds. The number of rotatable bonds is 6. The molecule has 0 saturated carbocycles. The van der Waals surface area contributed by atoms with Crippen LogP contribution >= 0.6 is 0 Å². The summed E-state index contributed by atoms with van der Waals surface area (Å²) in [4.78, 5) is 12.7. The highest BCUT2D eigenvalue weighted by atomic mass is 32.2. The molecule has 0 unspecified atom stereocenters. The Morgan fingerprint density at radius 3 is 2.85 bits per heavy atom. The van der Waals surface area contributed by atoms with Crippen LogP contribution in [0.1, 0.15) is 39.5 Å². The number of hydrogen-bond acceptors (Lipinski definition) is 6. The van der Waals surface area contributed by atoms with E-state index in [1.807, 2.05) is 6.92 Å². The van der Waals surface area contributed by atoms with Crippen molar-refractivity contribution in [2.24, 2.45) is 5.41 Å². The lowest BCUT2D eigenvalue weighted by Gasteiger charge is -2.33. The Morgan fingerprint density at radius 1 is 1.37 bits per heavy atom. The van der Waals surface area contributed by atoms with Crippen molar-refractivity contribution in [3.63, 3.8) is 0 Å². The number of nitrogens with one attached hydrogen (secondary N) is 1. The van der Waals surface area contributed by atoms with Crippen molar-refractivity contribution in [1.29, 1.82) is 0 Å². The van der Waals surface area contributed by atoms with Crippen LogP contribution in [0.15, 0.2) is 33.9 Å². The van der Waals surface area contributed by atoms with Gasteiger partial charge in [-0.3, -0.25) is 9.89 Å². The number of sulfonamides is 1. The highest BCUT2D eigenvalue weighted by molar-refractivity contribution is 7.89. The van der Waals surface area contributed by atoms with Crippen LogP contribution in [0.4, 0.5) is 0 Å². The maximum Gasteiger partial charge on any atom is 0.313 e. The number of ether oxygens (including phenoxy) is 1. The lowest BCUT2D eigenvalue weighted by atomic mass is 9.72. The Labute approximate surface area is 157 Å². The second-order valence-corrected chi connectivity index (χ2v) is 8.88. The summed E-state index contributed by atoms with van der Waals surface area (Å²) in [6.45, 7) is 3.98. The number of fused-ring (bicyclic) bond motifs is 2. The summed E-state index contributed by atoms with van der Waals surface area (Å²) in [6, 6.07) is 4.18. The summed E-state index contributed by atoms with van der Waals surface area (Å²) >= 11 is 0. The van der Waals surface area contributed by atoms with Crippen LogP contribution in [-0.2, 0) is 19.6 Å². The average Bonchev–Trinajstić information content (AvgIpc) is 3.44. The molecule has 4 heterocycles. The van der Waals surface area contributed by atoms with Crippen molar-refractivity contribution in [2.45, 2.75) is 56.7 Å². The Bertz CT molecular complexity index is 936. The highest BCUT2D eigenvalue weighted by Gasteiger charge is 2.63. The van der Waals surface area contributed by atoms with Gasteiger partial charge in [0.05, 0.1) is 12.0 Å². The van der Waals surface area contributed by atoms with E-state index in [1.54, 1.807) is 25.3 Å². The van der Waals surface area contributed by atoms with Crippen molar-refractivity contribution in [1.82, 2.24) is 14.5 Å². The van der Waals surface area contributed by atoms with Crippen LogP contribution < -0.4 is 0 Å². The number of nitrogens with zero attached hydrogens (tertiary/aromatic N) is 2. The molecular weight excluding hydrogens is 370 g/mol. The van der Waals surface area contributed by atoms with Gasteiger partial charge >= 0.3 is 5.97 Å². The van der Waals surface area contributed by atoms with E-state index in [0.717, 1.165) is 6.42 Å². The van der Waals surface area contributed by atoms with Gasteiger partial charge < -0.3 is 9.15 Å².